The predicted octanol–water partition coefficient (Wildman–Crippen LogP) is 2.45. The molecule has 1 saturated carbocycles. The van der Waals surface area contributed by atoms with Crippen molar-refractivity contribution in [1.82, 2.24) is 15.3 Å². The van der Waals surface area contributed by atoms with Gasteiger partial charge in [0, 0.05) is 25.0 Å². The zero-order chi connectivity index (χ0) is 11.4. The number of aryl methyl sites for hydroxylation is 1. The van der Waals surface area contributed by atoms with E-state index in [9.17, 15) is 0 Å². The smallest absolute Gasteiger partial charge is 0.0724 e. The second kappa shape index (κ2) is 5.39. The van der Waals surface area contributed by atoms with E-state index in [1.807, 2.05) is 19.3 Å². The van der Waals surface area contributed by atoms with Crippen molar-refractivity contribution >= 4 is 0 Å². The summed E-state index contributed by atoms with van der Waals surface area (Å²) >= 11 is 0. The van der Waals surface area contributed by atoms with Crippen molar-refractivity contribution in [3.63, 3.8) is 0 Å². The highest BCUT2D eigenvalue weighted by Crippen LogP contribution is 2.23. The lowest BCUT2D eigenvalue weighted by Gasteiger charge is -2.27. The molecule has 1 heterocycles. The van der Waals surface area contributed by atoms with E-state index in [1.165, 1.54) is 25.7 Å². The second-order valence-electron chi connectivity index (χ2n) is 5.00. The summed E-state index contributed by atoms with van der Waals surface area (Å²) in [5, 5.41) is 3.59. The van der Waals surface area contributed by atoms with Crippen LogP contribution in [-0.4, -0.2) is 16.0 Å². The first-order valence-corrected chi connectivity index (χ1v) is 6.25. The Labute approximate surface area is 97.7 Å². The van der Waals surface area contributed by atoms with Gasteiger partial charge >= 0.3 is 0 Å². The Morgan fingerprint density at radius 3 is 2.88 bits per heavy atom. The highest BCUT2D eigenvalue weighted by atomic mass is 14.9. The molecule has 2 atom stereocenters. The number of aromatic nitrogens is 2. The van der Waals surface area contributed by atoms with Crippen molar-refractivity contribution in [2.75, 3.05) is 0 Å². The molecule has 16 heavy (non-hydrogen) atoms. The summed E-state index contributed by atoms with van der Waals surface area (Å²) in [5.74, 6) is 0.871. The minimum atomic E-state index is 0.673. The third-order valence-electron chi connectivity index (χ3n) is 3.34. The maximum absolute atomic E-state index is 4.36. The van der Waals surface area contributed by atoms with Gasteiger partial charge in [-0.15, -0.1) is 0 Å². The van der Waals surface area contributed by atoms with Gasteiger partial charge in [-0.05, 0) is 25.7 Å². The summed E-state index contributed by atoms with van der Waals surface area (Å²) in [4.78, 5) is 8.61. The molecule has 0 saturated heterocycles. The van der Waals surface area contributed by atoms with E-state index < -0.39 is 0 Å². The Bertz CT molecular complexity index is 320. The standard InChI is InChI=1S/C13H21N3/c1-10-4-3-5-12(6-10)16-9-13-8-14-11(2)7-15-13/h7-8,10,12,16H,3-6,9H2,1-2H3. The van der Waals surface area contributed by atoms with Gasteiger partial charge in [-0.3, -0.25) is 9.97 Å². The van der Waals surface area contributed by atoms with Crippen molar-refractivity contribution in [3.8, 4) is 0 Å². The molecular formula is C13H21N3. The van der Waals surface area contributed by atoms with Crippen molar-refractivity contribution in [3.05, 3.63) is 23.8 Å². The summed E-state index contributed by atoms with van der Waals surface area (Å²) in [6.45, 7) is 5.16. The molecule has 0 aromatic carbocycles. The fraction of sp³-hybridized carbons (Fsp3) is 0.692. The maximum atomic E-state index is 4.36. The largest absolute Gasteiger partial charge is 0.308 e. The van der Waals surface area contributed by atoms with E-state index >= 15 is 0 Å². The molecule has 1 aliphatic rings. The molecule has 88 valence electrons. The van der Waals surface area contributed by atoms with Gasteiger partial charge in [0.05, 0.1) is 11.4 Å². The lowest BCUT2D eigenvalue weighted by atomic mass is 9.87. The molecule has 0 aliphatic heterocycles. The van der Waals surface area contributed by atoms with Crippen molar-refractivity contribution in [2.45, 2.75) is 52.1 Å². The van der Waals surface area contributed by atoms with Gasteiger partial charge in [-0.1, -0.05) is 19.8 Å². The number of rotatable bonds is 3. The van der Waals surface area contributed by atoms with E-state index in [4.69, 9.17) is 0 Å². The lowest BCUT2D eigenvalue weighted by molar-refractivity contribution is 0.299. The zero-order valence-corrected chi connectivity index (χ0v) is 10.2. The molecule has 1 N–H and O–H groups in total. The van der Waals surface area contributed by atoms with Crippen LogP contribution in [0.3, 0.4) is 0 Å². The molecular weight excluding hydrogens is 198 g/mol. The van der Waals surface area contributed by atoms with E-state index in [-0.39, 0.29) is 0 Å². The Morgan fingerprint density at radius 1 is 1.31 bits per heavy atom. The summed E-state index contributed by atoms with van der Waals surface area (Å²) in [6.07, 6.45) is 9.07. The van der Waals surface area contributed by atoms with Gasteiger partial charge in [0.1, 0.15) is 0 Å². The number of nitrogens with one attached hydrogen (secondary N) is 1. The highest BCUT2D eigenvalue weighted by molar-refractivity contribution is 5.00. The van der Waals surface area contributed by atoms with E-state index in [2.05, 4.69) is 22.2 Å². The van der Waals surface area contributed by atoms with Gasteiger partial charge in [0.25, 0.3) is 0 Å². The Morgan fingerprint density at radius 2 is 2.19 bits per heavy atom. The molecule has 1 aromatic heterocycles. The van der Waals surface area contributed by atoms with Crippen molar-refractivity contribution < 1.29 is 0 Å². The van der Waals surface area contributed by atoms with Crippen LogP contribution in [0.1, 0.15) is 44.0 Å². The molecule has 0 bridgehead atoms. The highest BCUT2D eigenvalue weighted by Gasteiger charge is 2.18. The number of nitrogens with zero attached hydrogens (tertiary/aromatic N) is 2. The summed E-state index contributed by atoms with van der Waals surface area (Å²) < 4.78 is 0. The molecule has 0 amide bonds. The van der Waals surface area contributed by atoms with Crippen LogP contribution in [0.4, 0.5) is 0 Å². The van der Waals surface area contributed by atoms with Crippen LogP contribution in [0, 0.1) is 12.8 Å². The first-order chi connectivity index (χ1) is 7.74. The number of hydrogen-bond donors (Lipinski definition) is 1. The second-order valence-corrected chi connectivity index (χ2v) is 5.00. The first-order valence-electron chi connectivity index (χ1n) is 6.25. The van der Waals surface area contributed by atoms with Gasteiger partial charge in [-0.25, -0.2) is 0 Å². The van der Waals surface area contributed by atoms with Gasteiger partial charge < -0.3 is 5.32 Å². The molecule has 2 unspecified atom stereocenters. The Balaban J connectivity index is 1.80. The fourth-order valence-corrected chi connectivity index (χ4v) is 2.38. The third kappa shape index (κ3) is 3.27. The lowest BCUT2D eigenvalue weighted by Crippen LogP contribution is -2.33. The van der Waals surface area contributed by atoms with Gasteiger partial charge in [0.15, 0.2) is 0 Å². The number of hydrogen-bond acceptors (Lipinski definition) is 3. The van der Waals surface area contributed by atoms with Gasteiger partial charge in [-0.2, -0.15) is 0 Å². The van der Waals surface area contributed by atoms with Gasteiger partial charge in [0.2, 0.25) is 0 Å². The van der Waals surface area contributed by atoms with Crippen LogP contribution >= 0.6 is 0 Å². The molecule has 3 nitrogen and oxygen atoms in total. The third-order valence-corrected chi connectivity index (χ3v) is 3.34. The predicted molar refractivity (Wildman–Crippen MR) is 65.0 cm³/mol. The summed E-state index contributed by atoms with van der Waals surface area (Å²) in [5.41, 5.74) is 2.03. The molecule has 1 fully saturated rings. The van der Waals surface area contributed by atoms with Crippen LogP contribution in [0.25, 0.3) is 0 Å². The molecule has 0 radical (unpaired) electrons. The monoisotopic (exact) mass is 219 g/mol. The van der Waals surface area contributed by atoms with E-state index in [0.29, 0.717) is 6.04 Å². The minimum absolute atomic E-state index is 0.673. The molecule has 2 rings (SSSR count). The molecule has 0 spiro atoms. The van der Waals surface area contributed by atoms with Crippen molar-refractivity contribution in [2.24, 2.45) is 5.92 Å². The van der Waals surface area contributed by atoms with E-state index in [1.54, 1.807) is 0 Å². The average Bonchev–Trinajstić information content (AvgIpc) is 2.28. The SMILES string of the molecule is Cc1cnc(CNC2CCCC(C)C2)cn1. The quantitative estimate of drug-likeness (QED) is 0.848. The first kappa shape index (κ1) is 11.5. The Hall–Kier alpha value is -0.960. The topological polar surface area (TPSA) is 37.8 Å². The fourth-order valence-electron chi connectivity index (χ4n) is 2.38. The molecule has 1 aromatic rings. The summed E-state index contributed by atoms with van der Waals surface area (Å²) in [7, 11) is 0. The zero-order valence-electron chi connectivity index (χ0n) is 10.2. The van der Waals surface area contributed by atoms with Crippen LogP contribution in [0.5, 0.6) is 0 Å². The van der Waals surface area contributed by atoms with Crippen molar-refractivity contribution in [1.29, 1.82) is 0 Å². The molecule has 3 heteroatoms. The van der Waals surface area contributed by atoms with Crippen LogP contribution in [0.2, 0.25) is 0 Å². The normalized spacial score (nSPS) is 25.6. The van der Waals surface area contributed by atoms with Crippen LogP contribution in [0.15, 0.2) is 12.4 Å². The summed E-state index contributed by atoms with van der Waals surface area (Å²) in [6, 6.07) is 0.673. The van der Waals surface area contributed by atoms with E-state index in [0.717, 1.165) is 23.9 Å². The average molecular weight is 219 g/mol. The maximum Gasteiger partial charge on any atom is 0.0724 e. The Kier molecular flexibility index (Phi) is 3.88. The van der Waals surface area contributed by atoms with Crippen LogP contribution < -0.4 is 5.32 Å². The minimum Gasteiger partial charge on any atom is -0.308 e. The molecule has 1 aliphatic carbocycles. The van der Waals surface area contributed by atoms with Crippen LogP contribution in [-0.2, 0) is 6.54 Å².